The van der Waals surface area contributed by atoms with Gasteiger partial charge in [0.05, 0.1) is 17.5 Å². The molecule has 0 bridgehead atoms. The quantitative estimate of drug-likeness (QED) is 0.564. The molecule has 0 radical (unpaired) electrons. The molecule has 2 aromatic carbocycles. The van der Waals surface area contributed by atoms with Crippen LogP contribution in [0.3, 0.4) is 0 Å². The summed E-state index contributed by atoms with van der Waals surface area (Å²) in [6.45, 7) is 3.83. The van der Waals surface area contributed by atoms with E-state index in [1.54, 1.807) is 43.3 Å². The highest BCUT2D eigenvalue weighted by Crippen LogP contribution is 2.42. The lowest BCUT2D eigenvalue weighted by molar-refractivity contribution is -0.122. The van der Waals surface area contributed by atoms with Crippen molar-refractivity contribution >= 4 is 23.3 Å². The number of ether oxygens (including phenoxy) is 1. The number of hydrogen-bond acceptors (Lipinski definition) is 4. The number of imide groups is 1. The lowest BCUT2D eigenvalue weighted by Gasteiger charge is -2.25. The molecule has 150 valence electrons. The molecule has 4 unspecified atom stereocenters. The minimum atomic E-state index is -0.680. The SMILES string of the molecule is CC1CCC2C(=O)N(c3cccc(OC(C)C(=O)c4ccccc4)c3)C(=O)C2C1. The highest BCUT2D eigenvalue weighted by molar-refractivity contribution is 6.22. The molecule has 4 atom stereocenters. The van der Waals surface area contributed by atoms with Gasteiger partial charge in [-0.05, 0) is 44.2 Å². The van der Waals surface area contributed by atoms with Gasteiger partial charge in [-0.1, -0.05) is 43.3 Å². The minimum absolute atomic E-state index is 0.113. The van der Waals surface area contributed by atoms with E-state index in [1.807, 2.05) is 18.2 Å². The molecule has 0 N–H and O–H groups in total. The van der Waals surface area contributed by atoms with Crippen molar-refractivity contribution in [3.63, 3.8) is 0 Å². The van der Waals surface area contributed by atoms with Crippen LogP contribution in [-0.2, 0) is 9.59 Å². The standard InChI is InChI=1S/C24H25NO4/c1-15-11-12-20-21(13-15)24(28)25(23(20)27)18-9-6-10-19(14-18)29-16(2)22(26)17-7-4-3-5-8-17/h3-10,14-16,20-21H,11-13H2,1-2H3. The van der Waals surface area contributed by atoms with Gasteiger partial charge in [-0.3, -0.25) is 14.4 Å². The van der Waals surface area contributed by atoms with Crippen molar-refractivity contribution in [3.8, 4) is 5.75 Å². The van der Waals surface area contributed by atoms with Crippen molar-refractivity contribution in [1.82, 2.24) is 0 Å². The lowest BCUT2D eigenvalue weighted by atomic mass is 9.76. The fourth-order valence-electron chi connectivity index (χ4n) is 4.43. The van der Waals surface area contributed by atoms with Crippen LogP contribution in [0.2, 0.25) is 0 Å². The second kappa shape index (κ2) is 7.82. The van der Waals surface area contributed by atoms with Gasteiger partial charge in [0.2, 0.25) is 17.6 Å². The van der Waals surface area contributed by atoms with Crippen LogP contribution in [-0.4, -0.2) is 23.7 Å². The zero-order chi connectivity index (χ0) is 20.5. The van der Waals surface area contributed by atoms with Crippen molar-refractivity contribution in [2.24, 2.45) is 17.8 Å². The molecule has 1 aliphatic heterocycles. The minimum Gasteiger partial charge on any atom is -0.482 e. The molecule has 2 aliphatic rings. The summed E-state index contributed by atoms with van der Waals surface area (Å²) in [7, 11) is 0. The molecule has 2 amide bonds. The van der Waals surface area contributed by atoms with E-state index >= 15 is 0 Å². The van der Waals surface area contributed by atoms with Crippen LogP contribution in [0.4, 0.5) is 5.69 Å². The maximum atomic E-state index is 12.9. The fourth-order valence-corrected chi connectivity index (χ4v) is 4.43. The van der Waals surface area contributed by atoms with E-state index in [0.717, 1.165) is 19.3 Å². The average molecular weight is 391 g/mol. The molecular weight excluding hydrogens is 366 g/mol. The number of carbonyl (C=O) groups excluding carboxylic acids is 3. The molecular formula is C24H25NO4. The van der Waals surface area contributed by atoms with E-state index in [1.165, 1.54) is 4.90 Å². The maximum Gasteiger partial charge on any atom is 0.237 e. The molecule has 5 heteroatoms. The molecule has 2 fully saturated rings. The number of Topliss-reactive ketones (excluding diaryl/α,β-unsaturated/α-hetero) is 1. The van der Waals surface area contributed by atoms with Crippen LogP contribution in [0.25, 0.3) is 0 Å². The monoisotopic (exact) mass is 391 g/mol. The van der Waals surface area contributed by atoms with Gasteiger partial charge in [-0.15, -0.1) is 0 Å². The third kappa shape index (κ3) is 3.69. The van der Waals surface area contributed by atoms with Crippen LogP contribution in [0.5, 0.6) is 5.75 Å². The highest BCUT2D eigenvalue weighted by Gasteiger charge is 2.50. The summed E-state index contributed by atoms with van der Waals surface area (Å²) in [5, 5.41) is 0. The Labute approximate surface area is 170 Å². The van der Waals surface area contributed by atoms with Crippen molar-refractivity contribution in [2.45, 2.75) is 39.2 Å². The van der Waals surface area contributed by atoms with Gasteiger partial charge in [-0.25, -0.2) is 4.90 Å². The molecule has 29 heavy (non-hydrogen) atoms. The normalized spacial score (nSPS) is 24.9. The zero-order valence-electron chi connectivity index (χ0n) is 16.7. The van der Waals surface area contributed by atoms with Gasteiger partial charge in [-0.2, -0.15) is 0 Å². The second-order valence-electron chi connectivity index (χ2n) is 8.13. The summed E-state index contributed by atoms with van der Waals surface area (Å²) in [5.41, 5.74) is 1.10. The number of carbonyl (C=O) groups is 3. The van der Waals surface area contributed by atoms with Crippen molar-refractivity contribution < 1.29 is 19.1 Å². The predicted octanol–water partition coefficient (Wildman–Crippen LogP) is 4.26. The Morgan fingerprint density at radius 2 is 1.72 bits per heavy atom. The van der Waals surface area contributed by atoms with Crippen LogP contribution in [0.15, 0.2) is 54.6 Å². The number of ketones is 1. The van der Waals surface area contributed by atoms with E-state index in [9.17, 15) is 14.4 Å². The summed E-state index contributed by atoms with van der Waals surface area (Å²) in [6, 6.07) is 15.9. The molecule has 5 nitrogen and oxygen atoms in total. The average Bonchev–Trinajstić information content (AvgIpc) is 2.98. The third-order valence-corrected chi connectivity index (χ3v) is 6.00. The van der Waals surface area contributed by atoms with Crippen LogP contribution in [0.1, 0.15) is 43.5 Å². The van der Waals surface area contributed by atoms with Crippen molar-refractivity contribution in [1.29, 1.82) is 0 Å². The Kier molecular flexibility index (Phi) is 5.22. The van der Waals surface area contributed by atoms with Crippen molar-refractivity contribution in [2.75, 3.05) is 4.90 Å². The smallest absolute Gasteiger partial charge is 0.237 e. The van der Waals surface area contributed by atoms with Gasteiger partial charge in [0.1, 0.15) is 5.75 Å². The molecule has 0 spiro atoms. The summed E-state index contributed by atoms with van der Waals surface area (Å²) >= 11 is 0. The number of fused-ring (bicyclic) bond motifs is 1. The second-order valence-corrected chi connectivity index (χ2v) is 8.13. The number of anilines is 1. The van der Waals surface area contributed by atoms with Crippen LogP contribution >= 0.6 is 0 Å². The summed E-state index contributed by atoms with van der Waals surface area (Å²) in [6.07, 6.45) is 1.84. The number of rotatable bonds is 5. The molecule has 2 aromatic rings. The molecule has 4 rings (SSSR count). The maximum absolute atomic E-state index is 12.9. The van der Waals surface area contributed by atoms with Gasteiger partial charge in [0, 0.05) is 11.6 Å². The highest BCUT2D eigenvalue weighted by atomic mass is 16.5. The lowest BCUT2D eigenvalue weighted by Crippen LogP contribution is -2.31. The first-order chi connectivity index (χ1) is 14.0. The van der Waals surface area contributed by atoms with E-state index in [2.05, 4.69) is 6.92 Å². The van der Waals surface area contributed by atoms with Crippen LogP contribution < -0.4 is 9.64 Å². The van der Waals surface area contributed by atoms with Crippen LogP contribution in [0, 0.1) is 17.8 Å². The van der Waals surface area contributed by atoms with Gasteiger partial charge in [0.15, 0.2) is 6.10 Å². The number of hydrogen-bond donors (Lipinski definition) is 0. The molecule has 1 saturated heterocycles. The summed E-state index contributed by atoms with van der Waals surface area (Å²) in [4.78, 5) is 39.7. The zero-order valence-corrected chi connectivity index (χ0v) is 16.7. The number of amides is 2. The number of nitrogens with zero attached hydrogens (tertiary/aromatic N) is 1. The molecule has 1 saturated carbocycles. The largest absolute Gasteiger partial charge is 0.482 e. The molecule has 1 heterocycles. The Hall–Kier alpha value is -2.95. The molecule has 0 aromatic heterocycles. The summed E-state index contributed by atoms with van der Waals surface area (Å²) in [5.74, 6) is 0.158. The first-order valence-electron chi connectivity index (χ1n) is 10.2. The Morgan fingerprint density at radius 3 is 2.48 bits per heavy atom. The first-order valence-corrected chi connectivity index (χ1v) is 10.2. The summed E-state index contributed by atoms with van der Waals surface area (Å²) < 4.78 is 5.84. The Balaban J connectivity index is 1.52. The first kappa shape index (κ1) is 19.4. The number of benzene rings is 2. The predicted molar refractivity (Wildman–Crippen MR) is 110 cm³/mol. The fraction of sp³-hybridized carbons (Fsp3) is 0.375. The Bertz CT molecular complexity index is 939. The van der Waals surface area contributed by atoms with Gasteiger partial charge in [0.25, 0.3) is 0 Å². The van der Waals surface area contributed by atoms with E-state index in [4.69, 9.17) is 4.74 Å². The van der Waals surface area contributed by atoms with Gasteiger partial charge < -0.3 is 4.74 Å². The third-order valence-electron chi connectivity index (χ3n) is 6.00. The van der Waals surface area contributed by atoms with E-state index in [-0.39, 0.29) is 29.4 Å². The van der Waals surface area contributed by atoms with Gasteiger partial charge >= 0.3 is 0 Å². The Morgan fingerprint density at radius 1 is 1.00 bits per heavy atom. The topological polar surface area (TPSA) is 63.7 Å². The molecule has 1 aliphatic carbocycles. The van der Waals surface area contributed by atoms with E-state index in [0.29, 0.717) is 22.9 Å². The van der Waals surface area contributed by atoms with Crippen molar-refractivity contribution in [3.05, 3.63) is 60.2 Å². The van der Waals surface area contributed by atoms with E-state index < -0.39 is 6.10 Å².